The predicted octanol–water partition coefficient (Wildman–Crippen LogP) is 7.12. The molecule has 3 aromatic rings. The lowest BCUT2D eigenvalue weighted by atomic mass is 10.0. The normalized spacial score (nSPS) is 9.73. The number of carbonyl (C=O) groups is 1. The van der Waals surface area contributed by atoms with Gasteiger partial charge in [-0.1, -0.05) is 70.9 Å². The monoisotopic (exact) mass is 470 g/mol. The highest BCUT2D eigenvalue weighted by Crippen LogP contribution is 2.24. The SMILES string of the molecule is CC.CC.CC.Cc1ccc(S(=O)(=O)Nc2ccc(C)cc2C(=O)c2ccnc(C)c2)cc1. The van der Waals surface area contributed by atoms with Crippen molar-refractivity contribution in [3.05, 3.63) is 88.7 Å². The van der Waals surface area contributed by atoms with Crippen molar-refractivity contribution in [2.24, 2.45) is 0 Å². The summed E-state index contributed by atoms with van der Waals surface area (Å²) in [6.45, 7) is 17.5. The Morgan fingerprint density at radius 3 is 1.85 bits per heavy atom. The van der Waals surface area contributed by atoms with Gasteiger partial charge >= 0.3 is 0 Å². The molecule has 0 spiro atoms. The summed E-state index contributed by atoms with van der Waals surface area (Å²) in [6, 6.07) is 14.9. The lowest BCUT2D eigenvalue weighted by Crippen LogP contribution is -2.16. The van der Waals surface area contributed by atoms with Crippen LogP contribution in [0.1, 0.15) is 74.3 Å². The molecule has 0 saturated heterocycles. The van der Waals surface area contributed by atoms with Gasteiger partial charge < -0.3 is 0 Å². The van der Waals surface area contributed by atoms with Crippen molar-refractivity contribution >= 4 is 21.5 Å². The highest BCUT2D eigenvalue weighted by atomic mass is 32.2. The van der Waals surface area contributed by atoms with E-state index in [1.807, 2.05) is 55.4 Å². The van der Waals surface area contributed by atoms with Crippen LogP contribution in [-0.2, 0) is 10.0 Å². The molecule has 0 bridgehead atoms. The standard InChI is InChI=1S/C21H20N2O3S.3C2H6/c1-14-4-7-18(8-5-14)27(25,26)23-20-9-6-15(2)12-19(20)21(24)17-10-11-22-16(3)13-17;3*1-2/h4-13,23H,1-3H3;3*1-2H3. The number of hydrogen-bond donors (Lipinski definition) is 1. The zero-order valence-electron chi connectivity index (χ0n) is 21.4. The maximum atomic E-state index is 13.0. The number of rotatable bonds is 5. The van der Waals surface area contributed by atoms with Gasteiger partial charge in [-0.15, -0.1) is 0 Å². The molecule has 33 heavy (non-hydrogen) atoms. The number of aromatic nitrogens is 1. The number of aryl methyl sites for hydroxylation is 3. The molecule has 0 saturated carbocycles. The van der Waals surface area contributed by atoms with Crippen LogP contribution in [0.2, 0.25) is 0 Å². The molecule has 2 aromatic carbocycles. The molecule has 0 amide bonds. The first-order chi connectivity index (χ1) is 15.8. The average Bonchev–Trinajstić information content (AvgIpc) is 2.84. The number of nitrogens with zero attached hydrogens (tertiary/aromatic N) is 1. The summed E-state index contributed by atoms with van der Waals surface area (Å²) >= 11 is 0. The number of anilines is 1. The topological polar surface area (TPSA) is 76.1 Å². The molecular formula is C27H38N2O3S. The smallest absolute Gasteiger partial charge is 0.261 e. The fraction of sp³-hybridized carbons (Fsp3) is 0.333. The lowest BCUT2D eigenvalue weighted by molar-refractivity contribution is 0.103. The Hall–Kier alpha value is -2.99. The molecule has 0 aliphatic carbocycles. The Kier molecular flexibility index (Phi) is 13.6. The summed E-state index contributed by atoms with van der Waals surface area (Å²) in [5.74, 6) is -0.259. The third-order valence-corrected chi connectivity index (χ3v) is 5.54. The van der Waals surface area contributed by atoms with E-state index in [2.05, 4.69) is 9.71 Å². The van der Waals surface area contributed by atoms with E-state index in [0.717, 1.165) is 16.8 Å². The Bertz CT molecular complexity index is 1110. The van der Waals surface area contributed by atoms with Gasteiger partial charge in [-0.2, -0.15) is 0 Å². The molecule has 0 atom stereocenters. The van der Waals surface area contributed by atoms with Crippen molar-refractivity contribution in [3.63, 3.8) is 0 Å². The first kappa shape index (κ1) is 30.0. The number of ketones is 1. The van der Waals surface area contributed by atoms with Gasteiger partial charge in [-0.3, -0.25) is 14.5 Å². The van der Waals surface area contributed by atoms with Gasteiger partial charge in [0.05, 0.1) is 10.6 Å². The van der Waals surface area contributed by atoms with E-state index in [1.165, 1.54) is 0 Å². The van der Waals surface area contributed by atoms with Crippen molar-refractivity contribution in [3.8, 4) is 0 Å². The van der Waals surface area contributed by atoms with E-state index in [1.54, 1.807) is 67.7 Å². The maximum Gasteiger partial charge on any atom is 0.261 e. The summed E-state index contributed by atoms with van der Waals surface area (Å²) < 4.78 is 28.0. The summed E-state index contributed by atoms with van der Waals surface area (Å²) in [5.41, 5.74) is 3.56. The number of hydrogen-bond acceptors (Lipinski definition) is 4. The number of benzene rings is 2. The second-order valence-corrected chi connectivity index (χ2v) is 8.17. The average molecular weight is 471 g/mol. The van der Waals surface area contributed by atoms with Crippen LogP contribution in [0.3, 0.4) is 0 Å². The molecule has 1 heterocycles. The molecular weight excluding hydrogens is 432 g/mol. The second-order valence-electron chi connectivity index (χ2n) is 6.48. The zero-order valence-corrected chi connectivity index (χ0v) is 22.2. The van der Waals surface area contributed by atoms with Gasteiger partial charge in [0, 0.05) is 23.0 Å². The Morgan fingerprint density at radius 1 is 0.758 bits per heavy atom. The molecule has 180 valence electrons. The van der Waals surface area contributed by atoms with Crippen LogP contribution < -0.4 is 4.72 Å². The van der Waals surface area contributed by atoms with Gasteiger partial charge in [0.15, 0.2) is 5.78 Å². The Morgan fingerprint density at radius 2 is 1.30 bits per heavy atom. The quantitative estimate of drug-likeness (QED) is 0.403. The summed E-state index contributed by atoms with van der Waals surface area (Å²) in [5, 5.41) is 0. The van der Waals surface area contributed by atoms with Gasteiger partial charge in [0.2, 0.25) is 0 Å². The molecule has 0 unspecified atom stereocenters. The Labute approximate surface area is 200 Å². The number of sulfonamides is 1. The fourth-order valence-corrected chi connectivity index (χ4v) is 3.78. The first-order valence-corrected chi connectivity index (χ1v) is 12.9. The summed E-state index contributed by atoms with van der Waals surface area (Å²) in [4.78, 5) is 17.2. The highest BCUT2D eigenvalue weighted by Gasteiger charge is 2.20. The van der Waals surface area contributed by atoms with Crippen molar-refractivity contribution in [2.75, 3.05) is 4.72 Å². The molecule has 1 aromatic heterocycles. The minimum Gasteiger partial charge on any atom is -0.289 e. The van der Waals surface area contributed by atoms with Crippen LogP contribution in [0.5, 0.6) is 0 Å². The minimum atomic E-state index is -3.80. The third-order valence-electron chi connectivity index (χ3n) is 4.15. The number of pyridine rings is 1. The maximum absolute atomic E-state index is 13.0. The van der Waals surface area contributed by atoms with Gasteiger partial charge in [0.1, 0.15) is 0 Å². The molecule has 0 radical (unpaired) electrons. The van der Waals surface area contributed by atoms with Crippen LogP contribution in [0, 0.1) is 20.8 Å². The lowest BCUT2D eigenvalue weighted by Gasteiger charge is -2.13. The van der Waals surface area contributed by atoms with E-state index >= 15 is 0 Å². The number of nitrogens with one attached hydrogen (secondary N) is 1. The van der Waals surface area contributed by atoms with Crippen LogP contribution in [0.4, 0.5) is 5.69 Å². The van der Waals surface area contributed by atoms with Crippen LogP contribution in [0.15, 0.2) is 65.7 Å². The largest absolute Gasteiger partial charge is 0.289 e. The summed E-state index contributed by atoms with van der Waals surface area (Å²) in [6.07, 6.45) is 1.56. The molecule has 5 nitrogen and oxygen atoms in total. The van der Waals surface area contributed by atoms with E-state index < -0.39 is 10.0 Å². The molecule has 3 rings (SSSR count). The van der Waals surface area contributed by atoms with Crippen LogP contribution >= 0.6 is 0 Å². The minimum absolute atomic E-state index is 0.145. The van der Waals surface area contributed by atoms with Crippen molar-refractivity contribution in [1.82, 2.24) is 4.98 Å². The Balaban J connectivity index is 0.00000158. The predicted molar refractivity (Wildman–Crippen MR) is 140 cm³/mol. The van der Waals surface area contributed by atoms with Crippen LogP contribution in [-0.4, -0.2) is 19.2 Å². The third kappa shape index (κ3) is 8.81. The van der Waals surface area contributed by atoms with Crippen molar-refractivity contribution in [2.45, 2.75) is 67.2 Å². The van der Waals surface area contributed by atoms with Crippen molar-refractivity contribution < 1.29 is 13.2 Å². The van der Waals surface area contributed by atoms with E-state index in [0.29, 0.717) is 11.1 Å². The molecule has 6 heteroatoms. The van der Waals surface area contributed by atoms with Crippen molar-refractivity contribution in [1.29, 1.82) is 0 Å². The highest BCUT2D eigenvalue weighted by molar-refractivity contribution is 7.92. The first-order valence-electron chi connectivity index (χ1n) is 11.4. The van der Waals surface area contributed by atoms with E-state index in [-0.39, 0.29) is 16.4 Å². The molecule has 0 aliphatic heterocycles. The van der Waals surface area contributed by atoms with E-state index in [4.69, 9.17) is 0 Å². The van der Waals surface area contributed by atoms with E-state index in [9.17, 15) is 13.2 Å². The van der Waals surface area contributed by atoms with Gasteiger partial charge in [0.25, 0.3) is 10.0 Å². The summed E-state index contributed by atoms with van der Waals surface area (Å²) in [7, 11) is -3.80. The molecule has 0 aliphatic rings. The number of carbonyl (C=O) groups excluding carboxylic acids is 1. The van der Waals surface area contributed by atoms with Crippen LogP contribution in [0.25, 0.3) is 0 Å². The van der Waals surface area contributed by atoms with Gasteiger partial charge in [-0.25, -0.2) is 8.42 Å². The molecule has 1 N–H and O–H groups in total. The molecule has 0 fully saturated rings. The zero-order chi connectivity index (χ0) is 25.6. The van der Waals surface area contributed by atoms with Gasteiger partial charge in [-0.05, 0) is 57.2 Å². The second kappa shape index (κ2) is 15.0. The fourth-order valence-electron chi connectivity index (χ4n) is 2.70.